The average molecular weight is 242 g/mol. The Balaban J connectivity index is 2.18. The predicted molar refractivity (Wildman–Crippen MR) is 68.4 cm³/mol. The highest BCUT2D eigenvalue weighted by Gasteiger charge is 2.05. The lowest BCUT2D eigenvalue weighted by Crippen LogP contribution is -2.02. The van der Waals surface area contributed by atoms with E-state index < -0.39 is 0 Å². The van der Waals surface area contributed by atoms with E-state index in [1.165, 1.54) is 0 Å². The summed E-state index contributed by atoms with van der Waals surface area (Å²) in [7, 11) is 1.60. The monoisotopic (exact) mass is 242 g/mol. The molecule has 1 aromatic heterocycles. The number of nitriles is 1. The molecule has 1 aromatic carbocycles. The molecule has 2 rings (SSSR count). The quantitative estimate of drug-likeness (QED) is 0.862. The minimum atomic E-state index is 0.594. The molecule has 0 bridgehead atoms. The number of benzene rings is 1. The Bertz CT molecular complexity index is 583. The number of ether oxygens (including phenoxy) is 1. The number of hydrogen-bond acceptors (Lipinski definition) is 4. The molecule has 0 amide bonds. The second-order valence-corrected chi connectivity index (χ2v) is 3.90. The van der Waals surface area contributed by atoms with Gasteiger partial charge in [0.1, 0.15) is 11.8 Å². The van der Waals surface area contributed by atoms with Gasteiger partial charge in [0.15, 0.2) is 0 Å². The Labute approximate surface area is 105 Å². The third-order valence-electron chi connectivity index (χ3n) is 2.75. The van der Waals surface area contributed by atoms with E-state index in [2.05, 4.69) is 21.6 Å². The van der Waals surface area contributed by atoms with E-state index in [-0.39, 0.29) is 0 Å². The van der Waals surface area contributed by atoms with Crippen LogP contribution in [0.5, 0.6) is 5.75 Å². The van der Waals surface area contributed by atoms with E-state index >= 15 is 0 Å². The van der Waals surface area contributed by atoms with Gasteiger partial charge in [-0.15, -0.1) is 0 Å². The molecular weight excluding hydrogens is 228 g/mol. The van der Waals surface area contributed by atoms with Crippen molar-refractivity contribution in [2.24, 2.45) is 0 Å². The smallest absolute Gasteiger partial charge is 0.121 e. The summed E-state index contributed by atoms with van der Waals surface area (Å²) in [5.41, 5.74) is 3.44. The lowest BCUT2D eigenvalue weighted by molar-refractivity contribution is 0.415. The Morgan fingerprint density at radius 2 is 2.33 bits per heavy atom. The van der Waals surface area contributed by atoms with Crippen molar-refractivity contribution >= 4 is 5.69 Å². The number of H-pyrrole nitrogens is 1. The minimum absolute atomic E-state index is 0.594. The van der Waals surface area contributed by atoms with Gasteiger partial charge in [-0.3, -0.25) is 5.10 Å². The molecule has 0 aliphatic rings. The number of aromatic nitrogens is 2. The molecule has 5 heteroatoms. The van der Waals surface area contributed by atoms with Crippen molar-refractivity contribution in [1.82, 2.24) is 10.2 Å². The molecule has 0 radical (unpaired) electrons. The Kier molecular flexibility index (Phi) is 3.49. The molecule has 0 unspecified atom stereocenters. The number of methoxy groups -OCH3 is 1. The molecule has 1 heterocycles. The normalized spacial score (nSPS) is 9.83. The molecule has 0 saturated heterocycles. The molecule has 0 atom stereocenters. The van der Waals surface area contributed by atoms with Crippen LogP contribution < -0.4 is 10.1 Å². The zero-order chi connectivity index (χ0) is 13.0. The number of nitrogens with zero attached hydrogens (tertiary/aromatic N) is 2. The van der Waals surface area contributed by atoms with Gasteiger partial charge in [0, 0.05) is 23.9 Å². The van der Waals surface area contributed by atoms with Crippen molar-refractivity contribution in [2.75, 3.05) is 12.4 Å². The fourth-order valence-electron chi connectivity index (χ4n) is 1.64. The van der Waals surface area contributed by atoms with E-state index in [1.807, 2.05) is 13.0 Å². The largest absolute Gasteiger partial charge is 0.497 e. The first-order chi connectivity index (χ1) is 8.74. The standard InChI is InChI=1S/C13H14N4O/c1-9-11(8-16-17-9)7-15-13-5-12(18-2)4-3-10(13)6-14/h3-5,8,15H,7H2,1-2H3,(H,16,17). The van der Waals surface area contributed by atoms with Gasteiger partial charge < -0.3 is 10.1 Å². The van der Waals surface area contributed by atoms with Crippen LogP contribution in [-0.2, 0) is 6.54 Å². The number of rotatable bonds is 4. The van der Waals surface area contributed by atoms with Crippen LogP contribution in [0.25, 0.3) is 0 Å². The van der Waals surface area contributed by atoms with Crippen molar-refractivity contribution in [2.45, 2.75) is 13.5 Å². The zero-order valence-electron chi connectivity index (χ0n) is 10.3. The van der Waals surface area contributed by atoms with Crippen molar-refractivity contribution in [3.8, 4) is 11.8 Å². The van der Waals surface area contributed by atoms with Gasteiger partial charge in [0.25, 0.3) is 0 Å². The van der Waals surface area contributed by atoms with E-state index in [0.29, 0.717) is 12.1 Å². The topological polar surface area (TPSA) is 73.7 Å². The second kappa shape index (κ2) is 5.23. The molecule has 0 saturated carbocycles. The van der Waals surface area contributed by atoms with E-state index in [1.54, 1.807) is 25.4 Å². The highest BCUT2D eigenvalue weighted by Crippen LogP contribution is 2.22. The zero-order valence-corrected chi connectivity index (χ0v) is 10.3. The maximum Gasteiger partial charge on any atom is 0.121 e. The summed E-state index contributed by atoms with van der Waals surface area (Å²) in [5, 5.41) is 19.1. The third kappa shape index (κ3) is 2.43. The maximum absolute atomic E-state index is 9.04. The maximum atomic E-state index is 9.04. The Morgan fingerprint density at radius 1 is 1.50 bits per heavy atom. The Morgan fingerprint density at radius 3 is 2.94 bits per heavy atom. The molecule has 5 nitrogen and oxygen atoms in total. The fraction of sp³-hybridized carbons (Fsp3) is 0.231. The highest BCUT2D eigenvalue weighted by molar-refractivity contribution is 5.60. The number of aromatic amines is 1. The SMILES string of the molecule is COc1ccc(C#N)c(NCc2cn[nH]c2C)c1. The number of aryl methyl sites for hydroxylation is 1. The summed E-state index contributed by atoms with van der Waals surface area (Å²) in [5.74, 6) is 0.723. The van der Waals surface area contributed by atoms with Gasteiger partial charge in [-0.2, -0.15) is 10.4 Å². The van der Waals surface area contributed by atoms with Gasteiger partial charge >= 0.3 is 0 Å². The third-order valence-corrected chi connectivity index (χ3v) is 2.75. The van der Waals surface area contributed by atoms with Crippen LogP contribution >= 0.6 is 0 Å². The number of anilines is 1. The summed E-state index contributed by atoms with van der Waals surface area (Å²) in [6.45, 7) is 2.57. The first kappa shape index (κ1) is 12.0. The first-order valence-electron chi connectivity index (χ1n) is 5.55. The second-order valence-electron chi connectivity index (χ2n) is 3.90. The summed E-state index contributed by atoms with van der Waals surface area (Å²) in [6, 6.07) is 7.47. The predicted octanol–water partition coefficient (Wildman–Crippen LogP) is 2.21. The van der Waals surface area contributed by atoms with Crippen molar-refractivity contribution in [3.05, 3.63) is 41.2 Å². The van der Waals surface area contributed by atoms with Gasteiger partial charge in [-0.25, -0.2) is 0 Å². The molecular formula is C13H14N4O. The van der Waals surface area contributed by atoms with Crippen molar-refractivity contribution in [3.63, 3.8) is 0 Å². The summed E-state index contributed by atoms with van der Waals surface area (Å²) in [4.78, 5) is 0. The molecule has 92 valence electrons. The van der Waals surface area contributed by atoms with Crippen LogP contribution in [0.4, 0.5) is 5.69 Å². The van der Waals surface area contributed by atoms with Crippen LogP contribution in [0.2, 0.25) is 0 Å². The molecule has 18 heavy (non-hydrogen) atoms. The molecule has 2 N–H and O–H groups in total. The van der Waals surface area contributed by atoms with Gasteiger partial charge in [0.2, 0.25) is 0 Å². The van der Waals surface area contributed by atoms with Gasteiger partial charge in [-0.1, -0.05) is 0 Å². The van der Waals surface area contributed by atoms with Crippen LogP contribution in [0, 0.1) is 18.3 Å². The first-order valence-corrected chi connectivity index (χ1v) is 5.55. The van der Waals surface area contributed by atoms with Crippen molar-refractivity contribution in [1.29, 1.82) is 5.26 Å². The average Bonchev–Trinajstić information content (AvgIpc) is 2.81. The van der Waals surface area contributed by atoms with Crippen LogP contribution in [-0.4, -0.2) is 17.3 Å². The molecule has 2 aromatic rings. The van der Waals surface area contributed by atoms with Crippen LogP contribution in [0.1, 0.15) is 16.8 Å². The van der Waals surface area contributed by atoms with E-state index in [4.69, 9.17) is 10.00 Å². The summed E-state index contributed by atoms with van der Waals surface area (Å²) in [6.07, 6.45) is 1.77. The molecule has 0 aliphatic carbocycles. The summed E-state index contributed by atoms with van der Waals surface area (Å²) >= 11 is 0. The number of nitrogens with one attached hydrogen (secondary N) is 2. The molecule has 0 spiro atoms. The molecule has 0 aliphatic heterocycles. The molecule has 0 fully saturated rings. The number of hydrogen-bond donors (Lipinski definition) is 2. The van der Waals surface area contributed by atoms with Gasteiger partial charge in [-0.05, 0) is 19.1 Å². The lowest BCUT2D eigenvalue weighted by atomic mass is 10.1. The van der Waals surface area contributed by atoms with Gasteiger partial charge in [0.05, 0.1) is 24.6 Å². The minimum Gasteiger partial charge on any atom is -0.497 e. The van der Waals surface area contributed by atoms with Crippen LogP contribution in [0.15, 0.2) is 24.4 Å². The fourth-order valence-corrected chi connectivity index (χ4v) is 1.64. The van der Waals surface area contributed by atoms with E-state index in [0.717, 1.165) is 22.7 Å². The summed E-state index contributed by atoms with van der Waals surface area (Å²) < 4.78 is 5.15. The van der Waals surface area contributed by atoms with E-state index in [9.17, 15) is 0 Å². The van der Waals surface area contributed by atoms with Crippen LogP contribution in [0.3, 0.4) is 0 Å². The Hall–Kier alpha value is -2.48. The van der Waals surface area contributed by atoms with Crippen molar-refractivity contribution < 1.29 is 4.74 Å². The highest BCUT2D eigenvalue weighted by atomic mass is 16.5. The lowest BCUT2D eigenvalue weighted by Gasteiger charge is -2.09.